The fourth-order valence-corrected chi connectivity index (χ4v) is 4.32. The van der Waals surface area contributed by atoms with Crippen molar-refractivity contribution in [2.75, 3.05) is 0 Å². The molecule has 0 N–H and O–H groups in total. The van der Waals surface area contributed by atoms with Gasteiger partial charge in [0, 0.05) is 12.1 Å². The van der Waals surface area contributed by atoms with Crippen molar-refractivity contribution in [2.45, 2.75) is 25.8 Å². The smallest absolute Gasteiger partial charge is 0.278 e. The van der Waals surface area contributed by atoms with Gasteiger partial charge in [-0.3, -0.25) is 18.7 Å². The second-order valence-corrected chi connectivity index (χ2v) is 8.31. The van der Waals surface area contributed by atoms with Crippen LogP contribution < -0.4 is 5.56 Å². The van der Waals surface area contributed by atoms with Gasteiger partial charge in [0.2, 0.25) is 11.7 Å². The lowest BCUT2D eigenvalue weighted by Crippen LogP contribution is -2.24. The van der Waals surface area contributed by atoms with Gasteiger partial charge in [-0.15, -0.1) is 0 Å². The molecule has 2 unspecified atom stereocenters. The molecule has 4 aromatic heterocycles. The number of imidazole rings is 1. The van der Waals surface area contributed by atoms with E-state index in [0.717, 1.165) is 17.6 Å². The Balaban J connectivity index is 1.61. The van der Waals surface area contributed by atoms with Gasteiger partial charge in [0.15, 0.2) is 0 Å². The van der Waals surface area contributed by atoms with Crippen LogP contribution in [-0.4, -0.2) is 29.1 Å². The number of hydrogen-bond donors (Lipinski definition) is 0. The Bertz CT molecular complexity index is 1500. The number of pyridine rings is 1. The molecule has 0 spiro atoms. The molecule has 2 atom stereocenters. The number of nitrogens with zero attached hydrogens (tertiary/aromatic N) is 6. The van der Waals surface area contributed by atoms with Crippen molar-refractivity contribution in [3.63, 3.8) is 0 Å². The maximum Gasteiger partial charge on any atom is 0.278 e. The summed E-state index contributed by atoms with van der Waals surface area (Å²) in [6.45, 7) is 2.42. The van der Waals surface area contributed by atoms with Crippen molar-refractivity contribution in [2.24, 2.45) is 5.92 Å². The standard InChI is InChI=1S/C22H17ClN6O2/c1-12-9-14(12)21-26-20(27-31-21)17-19-22(30)28(10-13-5-2-3-8-24-13)18-15(23)6-4-7-16(18)29(19)11-25-17/h2-8,11-12,14H,9-10H2,1H3. The number of fused-ring (bicyclic) bond motifs is 3. The Kier molecular flexibility index (Phi) is 3.97. The van der Waals surface area contributed by atoms with Crippen LogP contribution in [0.1, 0.15) is 30.8 Å². The lowest BCUT2D eigenvalue weighted by molar-refractivity contribution is 0.376. The van der Waals surface area contributed by atoms with Gasteiger partial charge >= 0.3 is 0 Å². The summed E-state index contributed by atoms with van der Waals surface area (Å²) in [5.74, 6) is 1.74. The van der Waals surface area contributed by atoms with Crippen LogP contribution in [0.3, 0.4) is 0 Å². The van der Waals surface area contributed by atoms with Crippen LogP contribution in [0.4, 0.5) is 0 Å². The van der Waals surface area contributed by atoms with Crippen molar-refractivity contribution in [1.82, 2.24) is 29.1 Å². The van der Waals surface area contributed by atoms with Crippen molar-refractivity contribution >= 4 is 28.2 Å². The minimum Gasteiger partial charge on any atom is -0.339 e. The molecule has 31 heavy (non-hydrogen) atoms. The summed E-state index contributed by atoms with van der Waals surface area (Å²) < 4.78 is 8.82. The average molecular weight is 433 g/mol. The molecule has 1 saturated carbocycles. The molecule has 6 rings (SSSR count). The van der Waals surface area contributed by atoms with Crippen LogP contribution in [0.5, 0.6) is 0 Å². The number of rotatable bonds is 4. The van der Waals surface area contributed by atoms with Gasteiger partial charge in [-0.2, -0.15) is 4.98 Å². The highest BCUT2D eigenvalue weighted by molar-refractivity contribution is 6.35. The zero-order valence-corrected chi connectivity index (χ0v) is 17.3. The van der Waals surface area contributed by atoms with Gasteiger partial charge in [0.05, 0.1) is 28.3 Å². The molecule has 0 saturated heterocycles. The minimum atomic E-state index is -0.245. The minimum absolute atomic E-state index is 0.245. The first-order valence-corrected chi connectivity index (χ1v) is 10.4. The summed E-state index contributed by atoms with van der Waals surface area (Å²) in [4.78, 5) is 27.1. The van der Waals surface area contributed by atoms with Gasteiger partial charge in [-0.25, -0.2) is 4.98 Å². The molecule has 4 heterocycles. The quantitative estimate of drug-likeness (QED) is 0.427. The van der Waals surface area contributed by atoms with E-state index < -0.39 is 0 Å². The largest absolute Gasteiger partial charge is 0.339 e. The topological polar surface area (TPSA) is 91.1 Å². The first-order valence-electron chi connectivity index (χ1n) is 10.0. The van der Waals surface area contributed by atoms with E-state index in [1.807, 2.05) is 30.3 Å². The van der Waals surface area contributed by atoms with Gasteiger partial charge in [0.25, 0.3) is 5.56 Å². The zero-order chi connectivity index (χ0) is 21.1. The summed E-state index contributed by atoms with van der Waals surface area (Å²) >= 11 is 6.53. The van der Waals surface area contributed by atoms with E-state index in [2.05, 4.69) is 27.0 Å². The summed E-state index contributed by atoms with van der Waals surface area (Å²) in [5, 5.41) is 4.59. The summed E-state index contributed by atoms with van der Waals surface area (Å²) in [5.41, 5.74) is 2.66. The van der Waals surface area contributed by atoms with Crippen molar-refractivity contribution in [3.8, 4) is 11.5 Å². The fourth-order valence-electron chi connectivity index (χ4n) is 4.05. The molecular formula is C22H17ClN6O2. The number of hydrogen-bond acceptors (Lipinski definition) is 6. The first kappa shape index (κ1) is 18.3. The number of para-hydroxylation sites is 1. The predicted molar refractivity (Wildman–Crippen MR) is 115 cm³/mol. The second-order valence-electron chi connectivity index (χ2n) is 7.91. The second kappa shape index (κ2) is 6.75. The first-order chi connectivity index (χ1) is 15.1. The molecule has 0 aliphatic heterocycles. The maximum atomic E-state index is 13.7. The lowest BCUT2D eigenvalue weighted by Gasteiger charge is -2.13. The zero-order valence-electron chi connectivity index (χ0n) is 16.6. The Morgan fingerprint density at radius 2 is 2.03 bits per heavy atom. The third-order valence-corrected chi connectivity index (χ3v) is 6.14. The highest BCUT2D eigenvalue weighted by Gasteiger charge is 2.39. The molecule has 1 aliphatic carbocycles. The van der Waals surface area contributed by atoms with Crippen molar-refractivity contribution in [3.05, 3.63) is 75.9 Å². The fraction of sp³-hybridized carbons (Fsp3) is 0.227. The third kappa shape index (κ3) is 2.86. The van der Waals surface area contributed by atoms with E-state index in [4.69, 9.17) is 16.1 Å². The van der Waals surface area contributed by atoms with E-state index in [1.165, 1.54) is 0 Å². The number of aromatic nitrogens is 6. The molecule has 1 fully saturated rings. The van der Waals surface area contributed by atoms with Crippen molar-refractivity contribution < 1.29 is 4.52 Å². The van der Waals surface area contributed by atoms with Crippen LogP contribution in [0.2, 0.25) is 5.02 Å². The van der Waals surface area contributed by atoms with E-state index in [9.17, 15) is 4.79 Å². The monoisotopic (exact) mass is 432 g/mol. The van der Waals surface area contributed by atoms with Crippen LogP contribution in [0.25, 0.3) is 28.1 Å². The Morgan fingerprint density at radius 1 is 1.16 bits per heavy atom. The lowest BCUT2D eigenvalue weighted by atomic mass is 10.2. The third-order valence-electron chi connectivity index (χ3n) is 5.84. The van der Waals surface area contributed by atoms with Gasteiger partial charge in [-0.05, 0) is 36.6 Å². The molecule has 1 aromatic carbocycles. The molecule has 0 amide bonds. The van der Waals surface area contributed by atoms with Crippen LogP contribution in [0, 0.1) is 5.92 Å². The van der Waals surface area contributed by atoms with Gasteiger partial charge in [0.1, 0.15) is 17.5 Å². The van der Waals surface area contributed by atoms with E-state index in [1.54, 1.807) is 27.6 Å². The van der Waals surface area contributed by atoms with Crippen LogP contribution in [0.15, 0.2) is 58.2 Å². The molecule has 0 bridgehead atoms. The molecule has 8 nitrogen and oxygen atoms in total. The normalized spacial score (nSPS) is 18.1. The molecule has 9 heteroatoms. The van der Waals surface area contributed by atoms with E-state index >= 15 is 0 Å². The average Bonchev–Trinajstić information content (AvgIpc) is 3.17. The van der Waals surface area contributed by atoms with Gasteiger partial charge in [-0.1, -0.05) is 35.8 Å². The van der Waals surface area contributed by atoms with Crippen LogP contribution >= 0.6 is 11.6 Å². The highest BCUT2D eigenvalue weighted by atomic mass is 35.5. The molecular weight excluding hydrogens is 416 g/mol. The summed E-state index contributed by atoms with van der Waals surface area (Å²) in [7, 11) is 0. The molecule has 0 radical (unpaired) electrons. The number of benzene rings is 1. The van der Waals surface area contributed by atoms with Crippen molar-refractivity contribution in [1.29, 1.82) is 0 Å². The van der Waals surface area contributed by atoms with Gasteiger partial charge < -0.3 is 4.52 Å². The highest BCUT2D eigenvalue weighted by Crippen LogP contribution is 2.46. The molecule has 1 aliphatic rings. The van der Waals surface area contributed by atoms with Crippen LogP contribution in [-0.2, 0) is 6.54 Å². The number of halogens is 1. The summed E-state index contributed by atoms with van der Waals surface area (Å²) in [6.07, 6.45) is 4.34. The Labute approximate surface area is 181 Å². The van der Waals surface area contributed by atoms with E-state index in [-0.39, 0.29) is 18.0 Å². The predicted octanol–water partition coefficient (Wildman–Crippen LogP) is 3.92. The Hall–Kier alpha value is -3.52. The molecule has 5 aromatic rings. The SMILES string of the molecule is CC1CC1c1nc(-c2ncn3c2c(=O)n(Cc2ccccn2)c2c(Cl)cccc23)no1. The summed E-state index contributed by atoms with van der Waals surface area (Å²) in [6, 6.07) is 11.1. The van der Waals surface area contributed by atoms with E-state index in [0.29, 0.717) is 39.4 Å². The Morgan fingerprint density at radius 3 is 2.81 bits per heavy atom. The molecule has 154 valence electrons. The maximum absolute atomic E-state index is 13.7.